The van der Waals surface area contributed by atoms with Crippen molar-refractivity contribution in [3.63, 3.8) is 0 Å². The zero-order valence-corrected chi connectivity index (χ0v) is 10.9. The maximum atomic E-state index is 11.5. The van der Waals surface area contributed by atoms with Crippen LogP contribution < -0.4 is 4.74 Å². The average molecular weight is 274 g/mol. The highest BCUT2D eigenvalue weighted by Gasteiger charge is 2.21. The molecule has 20 heavy (non-hydrogen) atoms. The van der Waals surface area contributed by atoms with Crippen LogP contribution in [0.2, 0.25) is 0 Å². The van der Waals surface area contributed by atoms with Gasteiger partial charge in [0, 0.05) is 0 Å². The number of ether oxygens (including phenoxy) is 2. The van der Waals surface area contributed by atoms with Crippen molar-refractivity contribution in [2.24, 2.45) is 0 Å². The maximum Gasteiger partial charge on any atom is 0.514 e. The molecule has 0 aliphatic heterocycles. The van der Waals surface area contributed by atoms with Gasteiger partial charge >= 0.3 is 12.1 Å². The molecule has 0 bridgehead atoms. The monoisotopic (exact) mass is 274 g/mol. The van der Waals surface area contributed by atoms with Gasteiger partial charge in [0.2, 0.25) is 6.10 Å². The van der Waals surface area contributed by atoms with Crippen LogP contribution in [0.5, 0.6) is 5.75 Å². The first-order valence-electron chi connectivity index (χ1n) is 6.20. The molecular weight excluding hydrogens is 260 g/mol. The van der Waals surface area contributed by atoms with E-state index in [0.29, 0.717) is 5.75 Å². The van der Waals surface area contributed by atoms with Gasteiger partial charge in [0.05, 0.1) is 0 Å². The molecule has 0 aromatic heterocycles. The lowest BCUT2D eigenvalue weighted by molar-refractivity contribution is -0.147. The quantitative estimate of drug-likeness (QED) is 0.684. The Bertz CT molecular complexity index is 635. The molecule has 0 saturated carbocycles. The highest BCUT2D eigenvalue weighted by molar-refractivity contribution is 5.84. The van der Waals surface area contributed by atoms with E-state index in [1.807, 2.05) is 30.3 Å². The van der Waals surface area contributed by atoms with Gasteiger partial charge in [0.1, 0.15) is 5.75 Å². The molecule has 0 heterocycles. The van der Waals surface area contributed by atoms with Gasteiger partial charge in [0.15, 0.2) is 0 Å². The lowest BCUT2D eigenvalue weighted by Gasteiger charge is -2.11. The molecule has 0 saturated heterocycles. The highest BCUT2D eigenvalue weighted by Crippen LogP contribution is 2.21. The molecule has 104 valence electrons. The molecule has 1 atom stereocenters. The van der Waals surface area contributed by atoms with Gasteiger partial charge in [-0.25, -0.2) is 9.59 Å². The molecule has 0 amide bonds. The second kappa shape index (κ2) is 6.06. The van der Waals surface area contributed by atoms with E-state index in [4.69, 9.17) is 14.6 Å². The Morgan fingerprint density at radius 3 is 2.50 bits per heavy atom. The molecular formula is C15H14O5. The van der Waals surface area contributed by atoms with Crippen molar-refractivity contribution in [3.8, 4) is 5.75 Å². The average Bonchev–Trinajstić information content (AvgIpc) is 2.44. The fourth-order valence-electron chi connectivity index (χ4n) is 1.78. The number of aliphatic carboxylic acids is 1. The van der Waals surface area contributed by atoms with E-state index in [9.17, 15) is 9.59 Å². The Morgan fingerprint density at radius 2 is 1.85 bits per heavy atom. The van der Waals surface area contributed by atoms with Gasteiger partial charge in [-0.05, 0) is 29.3 Å². The van der Waals surface area contributed by atoms with E-state index in [0.717, 1.165) is 10.8 Å². The number of carbonyl (C=O) groups is 2. The number of carbonyl (C=O) groups excluding carboxylic acids is 1. The molecule has 2 aromatic carbocycles. The van der Waals surface area contributed by atoms with Gasteiger partial charge in [0.25, 0.3) is 0 Å². The molecule has 0 spiro atoms. The summed E-state index contributed by atoms with van der Waals surface area (Å²) in [4.78, 5) is 22.3. The van der Waals surface area contributed by atoms with Crippen molar-refractivity contribution in [2.45, 2.75) is 19.4 Å². The van der Waals surface area contributed by atoms with Gasteiger partial charge < -0.3 is 14.6 Å². The van der Waals surface area contributed by atoms with Gasteiger partial charge in [-0.15, -0.1) is 0 Å². The van der Waals surface area contributed by atoms with Gasteiger partial charge in [-0.2, -0.15) is 0 Å². The van der Waals surface area contributed by atoms with Crippen LogP contribution >= 0.6 is 0 Å². The molecule has 1 unspecified atom stereocenters. The smallest absolute Gasteiger partial charge is 0.479 e. The molecule has 0 radical (unpaired) electrons. The molecule has 0 aliphatic carbocycles. The second-order valence-corrected chi connectivity index (χ2v) is 4.21. The van der Waals surface area contributed by atoms with Crippen LogP contribution in [0.4, 0.5) is 4.79 Å². The number of rotatable bonds is 4. The maximum absolute atomic E-state index is 11.5. The summed E-state index contributed by atoms with van der Waals surface area (Å²) < 4.78 is 9.70. The Balaban J connectivity index is 2.07. The summed E-state index contributed by atoms with van der Waals surface area (Å²) in [7, 11) is 0. The summed E-state index contributed by atoms with van der Waals surface area (Å²) in [6.45, 7) is 1.61. The molecule has 1 N–H and O–H groups in total. The van der Waals surface area contributed by atoms with Crippen molar-refractivity contribution < 1.29 is 24.2 Å². The van der Waals surface area contributed by atoms with Crippen LogP contribution in [-0.2, 0) is 9.53 Å². The molecule has 0 aliphatic rings. The van der Waals surface area contributed by atoms with Crippen molar-refractivity contribution in [3.05, 3.63) is 42.5 Å². The first-order valence-corrected chi connectivity index (χ1v) is 6.20. The summed E-state index contributed by atoms with van der Waals surface area (Å²) in [5, 5.41) is 10.7. The zero-order valence-electron chi connectivity index (χ0n) is 10.9. The van der Waals surface area contributed by atoms with Crippen LogP contribution in [0, 0.1) is 0 Å². The van der Waals surface area contributed by atoms with E-state index in [2.05, 4.69) is 0 Å². The second-order valence-electron chi connectivity index (χ2n) is 4.21. The summed E-state index contributed by atoms with van der Waals surface area (Å²) >= 11 is 0. The number of hydrogen-bond acceptors (Lipinski definition) is 4. The van der Waals surface area contributed by atoms with E-state index in [1.54, 1.807) is 19.1 Å². The Morgan fingerprint density at radius 1 is 1.15 bits per heavy atom. The van der Waals surface area contributed by atoms with Gasteiger partial charge in [-0.1, -0.05) is 37.3 Å². The fourth-order valence-corrected chi connectivity index (χ4v) is 1.78. The van der Waals surface area contributed by atoms with Crippen LogP contribution in [0.1, 0.15) is 13.3 Å². The van der Waals surface area contributed by atoms with E-state index >= 15 is 0 Å². The van der Waals surface area contributed by atoms with Crippen LogP contribution in [0.3, 0.4) is 0 Å². The molecule has 0 fully saturated rings. The van der Waals surface area contributed by atoms with Crippen molar-refractivity contribution in [1.29, 1.82) is 0 Å². The lowest BCUT2D eigenvalue weighted by atomic mass is 10.1. The van der Waals surface area contributed by atoms with Crippen molar-refractivity contribution in [2.75, 3.05) is 0 Å². The molecule has 2 rings (SSSR count). The summed E-state index contributed by atoms with van der Waals surface area (Å²) in [6.07, 6.45) is -2.03. The SMILES string of the molecule is CCC(OC(=O)Oc1ccc2ccccc2c1)C(=O)O. The zero-order chi connectivity index (χ0) is 14.5. The van der Waals surface area contributed by atoms with Gasteiger partial charge in [-0.3, -0.25) is 0 Å². The normalized spacial score (nSPS) is 11.8. The van der Waals surface area contributed by atoms with Crippen LogP contribution in [0.15, 0.2) is 42.5 Å². The number of carboxylic acid groups (broad SMARTS) is 1. The molecule has 2 aromatic rings. The predicted octanol–water partition coefficient (Wildman–Crippen LogP) is 3.22. The summed E-state index contributed by atoms with van der Waals surface area (Å²) in [5.74, 6) is -0.878. The summed E-state index contributed by atoms with van der Waals surface area (Å²) in [6, 6.07) is 12.8. The Labute approximate surface area is 115 Å². The highest BCUT2D eigenvalue weighted by atomic mass is 16.7. The standard InChI is InChI=1S/C15H14O5/c1-2-13(14(16)17)20-15(18)19-12-8-7-10-5-3-4-6-11(10)9-12/h3-9,13H,2H2,1H3,(H,16,17). The fraction of sp³-hybridized carbons (Fsp3) is 0.200. The van der Waals surface area contributed by atoms with Crippen LogP contribution in [-0.4, -0.2) is 23.3 Å². The number of hydrogen-bond donors (Lipinski definition) is 1. The topological polar surface area (TPSA) is 72.8 Å². The minimum absolute atomic E-state index is 0.183. The first-order chi connectivity index (χ1) is 9.60. The number of carboxylic acids is 1. The third kappa shape index (κ3) is 3.26. The largest absolute Gasteiger partial charge is 0.514 e. The minimum Gasteiger partial charge on any atom is -0.479 e. The third-order valence-corrected chi connectivity index (χ3v) is 2.81. The predicted molar refractivity (Wildman–Crippen MR) is 72.8 cm³/mol. The van der Waals surface area contributed by atoms with Crippen molar-refractivity contribution >= 4 is 22.9 Å². The molecule has 5 nitrogen and oxygen atoms in total. The van der Waals surface area contributed by atoms with Crippen LogP contribution in [0.25, 0.3) is 10.8 Å². The van der Waals surface area contributed by atoms with Crippen molar-refractivity contribution in [1.82, 2.24) is 0 Å². The number of benzene rings is 2. The van der Waals surface area contributed by atoms with E-state index in [-0.39, 0.29) is 6.42 Å². The minimum atomic E-state index is -1.19. The summed E-state index contributed by atoms with van der Waals surface area (Å²) in [5.41, 5.74) is 0. The Kier molecular flexibility index (Phi) is 4.20. The molecule has 5 heteroatoms. The van der Waals surface area contributed by atoms with E-state index in [1.165, 1.54) is 0 Å². The number of fused-ring (bicyclic) bond motifs is 1. The lowest BCUT2D eigenvalue weighted by Crippen LogP contribution is -2.27. The third-order valence-electron chi connectivity index (χ3n) is 2.81. The Hall–Kier alpha value is -2.56. The first kappa shape index (κ1) is 13.9. The van der Waals surface area contributed by atoms with E-state index < -0.39 is 18.2 Å².